The van der Waals surface area contributed by atoms with E-state index in [1.54, 1.807) is 7.11 Å². The van der Waals surface area contributed by atoms with Crippen LogP contribution >= 0.6 is 11.7 Å². The zero-order valence-corrected chi connectivity index (χ0v) is 45.4. The summed E-state index contributed by atoms with van der Waals surface area (Å²) in [7, 11) is 1.72. The van der Waals surface area contributed by atoms with Crippen molar-refractivity contribution in [3.05, 3.63) is 295 Å². The molecule has 2 heterocycles. The van der Waals surface area contributed by atoms with Gasteiger partial charge in [-0.2, -0.15) is 8.75 Å². The lowest BCUT2D eigenvalue weighted by atomic mass is 9.70. The van der Waals surface area contributed by atoms with Gasteiger partial charge >= 0.3 is 0 Å². The van der Waals surface area contributed by atoms with Crippen LogP contribution in [0.2, 0.25) is 0 Å². The van der Waals surface area contributed by atoms with E-state index >= 15 is 0 Å². The van der Waals surface area contributed by atoms with E-state index < -0.39 is 5.41 Å². The van der Waals surface area contributed by atoms with Gasteiger partial charge in [0.1, 0.15) is 16.8 Å². The summed E-state index contributed by atoms with van der Waals surface area (Å²) in [4.78, 5) is 2.28. The molecular formula is C76H48N4OS. The molecule has 82 heavy (non-hydrogen) atoms. The Morgan fingerprint density at radius 1 is 0.378 bits per heavy atom. The lowest BCUT2D eigenvalue weighted by molar-refractivity contribution is 0.416. The molecule has 2 aliphatic rings. The van der Waals surface area contributed by atoms with Crippen LogP contribution < -0.4 is 9.64 Å². The van der Waals surface area contributed by atoms with E-state index in [1.807, 2.05) is 12.1 Å². The highest BCUT2D eigenvalue weighted by Gasteiger charge is 2.51. The number of hydrogen-bond acceptors (Lipinski definition) is 5. The molecule has 0 fully saturated rings. The molecule has 384 valence electrons. The molecule has 15 aromatic rings. The second-order valence-corrected chi connectivity index (χ2v) is 22.2. The Hall–Kier alpha value is -10.4. The summed E-state index contributed by atoms with van der Waals surface area (Å²) in [6.07, 6.45) is 0. The second kappa shape index (κ2) is 18.1. The number of methoxy groups -OCH3 is 1. The minimum Gasteiger partial charge on any atom is -0.496 e. The van der Waals surface area contributed by atoms with Gasteiger partial charge in [-0.25, -0.2) is 0 Å². The van der Waals surface area contributed by atoms with Gasteiger partial charge in [-0.3, -0.25) is 0 Å². The molecule has 17 rings (SSSR count). The zero-order valence-electron chi connectivity index (χ0n) is 44.6. The Kier molecular flexibility index (Phi) is 10.2. The SMILES string of the molecule is COc1ccccc1-c1cccc(N(c2ccccc2)c2ccc(-c3ccc(-n4c5ccc(-c6ccc7c(c6)C6(c8ccccc8-c8ccccc86)c6ccccc6-7)cc5c5c6cc7ccccc7cc6ccc54)cc3)c3nsnc23)c1. The standard InChI is InChI=1S/C76H48N4OS/c1-81-72-29-14-10-22-57(72)52-18-15-21-56(43-52)79(54-19-3-2-4-20-54)71-41-38-58(74-75(71)78-82-77-74)47-30-35-55(36-31-47)80-69-39-33-50(45-64(69)73-63-44-49-17-6-5-16-48(49)42-53(63)34-40-70(73)80)51-32-37-62-61-25-9-13-28-67(61)76(68(62)46-51)65-26-11-7-23-59(65)60-24-8-12-27-66(60)76/h2-46H,1H3. The molecule has 0 saturated heterocycles. The predicted octanol–water partition coefficient (Wildman–Crippen LogP) is 19.9. The van der Waals surface area contributed by atoms with E-state index in [4.69, 9.17) is 13.5 Å². The van der Waals surface area contributed by atoms with Gasteiger partial charge in [0.25, 0.3) is 0 Å². The van der Waals surface area contributed by atoms with Crippen LogP contribution in [0.1, 0.15) is 22.3 Å². The summed E-state index contributed by atoms with van der Waals surface area (Å²) in [5.41, 5.74) is 24.9. The molecule has 0 bridgehead atoms. The predicted molar refractivity (Wildman–Crippen MR) is 341 cm³/mol. The largest absolute Gasteiger partial charge is 0.496 e. The molecule has 0 unspecified atom stereocenters. The van der Waals surface area contributed by atoms with Crippen molar-refractivity contribution < 1.29 is 4.74 Å². The second-order valence-electron chi connectivity index (χ2n) is 21.7. The monoisotopic (exact) mass is 1060 g/mol. The van der Waals surface area contributed by atoms with Crippen LogP contribution in [0.15, 0.2) is 273 Å². The van der Waals surface area contributed by atoms with Crippen LogP contribution in [-0.2, 0) is 5.41 Å². The Morgan fingerprint density at radius 2 is 0.963 bits per heavy atom. The Balaban J connectivity index is 0.802. The maximum absolute atomic E-state index is 5.80. The van der Waals surface area contributed by atoms with Crippen LogP contribution in [0.5, 0.6) is 5.75 Å². The number of rotatable bonds is 8. The third-order valence-electron chi connectivity index (χ3n) is 17.6. The van der Waals surface area contributed by atoms with E-state index in [1.165, 1.54) is 99.7 Å². The lowest BCUT2D eigenvalue weighted by Crippen LogP contribution is -2.25. The van der Waals surface area contributed by atoms with E-state index in [2.05, 4.69) is 270 Å². The van der Waals surface area contributed by atoms with Gasteiger partial charge in [0, 0.05) is 39.0 Å². The highest BCUT2D eigenvalue weighted by molar-refractivity contribution is 7.00. The first-order chi connectivity index (χ1) is 40.6. The van der Waals surface area contributed by atoms with E-state index in [9.17, 15) is 0 Å². The Labute approximate surface area is 478 Å². The molecule has 6 heteroatoms. The molecule has 0 N–H and O–H groups in total. The summed E-state index contributed by atoms with van der Waals surface area (Å²) < 4.78 is 18.3. The molecular weight excluding hydrogens is 1020 g/mol. The number of hydrogen-bond donors (Lipinski definition) is 0. The molecule has 0 saturated carbocycles. The number of anilines is 3. The lowest BCUT2D eigenvalue weighted by Gasteiger charge is -2.30. The fraction of sp³-hybridized carbons (Fsp3) is 0.0263. The molecule has 2 aliphatic carbocycles. The van der Waals surface area contributed by atoms with Crippen molar-refractivity contribution in [2.24, 2.45) is 0 Å². The molecule has 0 atom stereocenters. The number of aromatic nitrogens is 3. The molecule has 2 aromatic heterocycles. The highest BCUT2D eigenvalue weighted by Crippen LogP contribution is 2.63. The van der Waals surface area contributed by atoms with Crippen LogP contribution in [0, 0.1) is 0 Å². The quantitative estimate of drug-likeness (QED) is 0.142. The topological polar surface area (TPSA) is 43.2 Å². The van der Waals surface area contributed by atoms with Gasteiger partial charge in [-0.15, -0.1) is 0 Å². The summed E-state index contributed by atoms with van der Waals surface area (Å²) in [6.45, 7) is 0. The van der Waals surface area contributed by atoms with Crippen molar-refractivity contribution >= 4 is 83.2 Å². The van der Waals surface area contributed by atoms with Crippen molar-refractivity contribution in [2.75, 3.05) is 12.0 Å². The molecule has 0 amide bonds. The van der Waals surface area contributed by atoms with Crippen LogP contribution in [0.4, 0.5) is 17.1 Å². The number of benzene rings is 13. The third kappa shape index (κ3) is 6.73. The fourth-order valence-electron chi connectivity index (χ4n) is 14.0. The first-order valence-electron chi connectivity index (χ1n) is 27.9. The normalized spacial score (nSPS) is 12.8. The summed E-state index contributed by atoms with van der Waals surface area (Å²) in [5.74, 6) is 0.829. The van der Waals surface area contributed by atoms with Crippen molar-refractivity contribution in [3.63, 3.8) is 0 Å². The average Bonchev–Trinajstić information content (AvgIpc) is 1.95. The van der Waals surface area contributed by atoms with Crippen LogP contribution in [0.3, 0.4) is 0 Å². The van der Waals surface area contributed by atoms with Crippen molar-refractivity contribution in [1.82, 2.24) is 13.3 Å². The molecule has 0 aliphatic heterocycles. The molecule has 1 spiro atoms. The third-order valence-corrected chi connectivity index (χ3v) is 18.1. The molecule has 5 nitrogen and oxygen atoms in total. The first-order valence-corrected chi connectivity index (χ1v) is 28.6. The minimum atomic E-state index is -0.421. The average molecular weight is 1070 g/mol. The number of para-hydroxylation sites is 2. The fourth-order valence-corrected chi connectivity index (χ4v) is 14.6. The van der Waals surface area contributed by atoms with Crippen molar-refractivity contribution in [1.29, 1.82) is 0 Å². The Bertz CT molecular complexity index is 5050. The van der Waals surface area contributed by atoms with E-state index in [0.717, 1.165) is 72.8 Å². The van der Waals surface area contributed by atoms with Gasteiger partial charge in [-0.05, 0) is 179 Å². The summed E-state index contributed by atoms with van der Waals surface area (Å²) >= 11 is 1.25. The summed E-state index contributed by atoms with van der Waals surface area (Å²) in [5, 5.41) is 7.39. The van der Waals surface area contributed by atoms with Crippen LogP contribution in [0.25, 0.3) is 116 Å². The molecule has 13 aromatic carbocycles. The van der Waals surface area contributed by atoms with Gasteiger partial charge in [-0.1, -0.05) is 182 Å². The summed E-state index contributed by atoms with van der Waals surface area (Å²) in [6, 6.07) is 100. The van der Waals surface area contributed by atoms with E-state index in [-0.39, 0.29) is 0 Å². The maximum atomic E-state index is 5.80. The van der Waals surface area contributed by atoms with Gasteiger partial charge in [0.05, 0.1) is 41.0 Å². The Morgan fingerprint density at radius 3 is 1.71 bits per heavy atom. The van der Waals surface area contributed by atoms with Gasteiger partial charge < -0.3 is 14.2 Å². The first kappa shape index (κ1) is 46.5. The van der Waals surface area contributed by atoms with Gasteiger partial charge in [0.15, 0.2) is 0 Å². The smallest absolute Gasteiger partial charge is 0.129 e. The van der Waals surface area contributed by atoms with Crippen molar-refractivity contribution in [2.45, 2.75) is 5.41 Å². The highest BCUT2D eigenvalue weighted by atomic mass is 32.1. The van der Waals surface area contributed by atoms with Gasteiger partial charge in [0.2, 0.25) is 0 Å². The molecule has 0 radical (unpaired) electrons. The number of fused-ring (bicyclic) bond motifs is 17. The minimum absolute atomic E-state index is 0.421. The maximum Gasteiger partial charge on any atom is 0.129 e. The number of ether oxygens (including phenoxy) is 1. The zero-order chi connectivity index (χ0) is 54.0. The number of nitrogens with zero attached hydrogens (tertiary/aromatic N) is 4. The van der Waals surface area contributed by atoms with Crippen LogP contribution in [-0.4, -0.2) is 20.4 Å². The van der Waals surface area contributed by atoms with E-state index in [0.29, 0.717) is 0 Å². The van der Waals surface area contributed by atoms with Crippen molar-refractivity contribution in [3.8, 4) is 67.1 Å².